The molecule has 1 aromatic carbocycles. The molecule has 112 valence electrons. The van der Waals surface area contributed by atoms with Gasteiger partial charge in [-0.25, -0.2) is 14.2 Å². The minimum atomic E-state index is -0.569. The zero-order valence-corrected chi connectivity index (χ0v) is 11.7. The number of carbonyl (C=O) groups excluding carboxylic acids is 1. The van der Waals surface area contributed by atoms with E-state index in [4.69, 9.17) is 9.47 Å². The van der Waals surface area contributed by atoms with Crippen molar-refractivity contribution in [2.24, 2.45) is 0 Å². The van der Waals surface area contributed by atoms with Gasteiger partial charge in [0.15, 0.2) is 5.69 Å². The molecule has 3 aromatic rings. The van der Waals surface area contributed by atoms with Crippen molar-refractivity contribution < 1.29 is 18.7 Å². The number of aromatic nitrogens is 3. The van der Waals surface area contributed by atoms with Crippen molar-refractivity contribution in [2.45, 2.75) is 6.92 Å². The summed E-state index contributed by atoms with van der Waals surface area (Å²) < 4.78 is 25.0. The quantitative estimate of drug-likeness (QED) is 0.693. The second-order valence-electron chi connectivity index (χ2n) is 4.33. The molecule has 0 aliphatic carbocycles. The van der Waals surface area contributed by atoms with Crippen LogP contribution in [0.3, 0.4) is 0 Å². The Hall–Kier alpha value is -2.96. The van der Waals surface area contributed by atoms with Crippen molar-refractivity contribution in [3.8, 4) is 11.6 Å². The first-order valence-electron chi connectivity index (χ1n) is 6.62. The lowest BCUT2D eigenvalue weighted by Gasteiger charge is -2.05. The molecule has 0 spiro atoms. The molecule has 0 saturated carbocycles. The molecule has 2 heterocycles. The van der Waals surface area contributed by atoms with Gasteiger partial charge in [-0.1, -0.05) is 0 Å². The fourth-order valence-corrected chi connectivity index (χ4v) is 1.94. The van der Waals surface area contributed by atoms with Gasteiger partial charge in [-0.2, -0.15) is 4.98 Å². The number of hydrogen-bond donors (Lipinski definition) is 0. The Balaban J connectivity index is 2.05. The van der Waals surface area contributed by atoms with E-state index in [9.17, 15) is 9.18 Å². The van der Waals surface area contributed by atoms with Crippen LogP contribution in [0.15, 0.2) is 42.7 Å². The van der Waals surface area contributed by atoms with E-state index in [1.165, 1.54) is 28.7 Å². The maximum Gasteiger partial charge on any atom is 0.361 e. The van der Waals surface area contributed by atoms with Crippen LogP contribution in [0, 0.1) is 5.82 Å². The summed E-state index contributed by atoms with van der Waals surface area (Å²) in [4.78, 5) is 20.4. The van der Waals surface area contributed by atoms with Crippen molar-refractivity contribution in [2.75, 3.05) is 6.61 Å². The minimum absolute atomic E-state index is 0.0590. The normalized spacial score (nSPS) is 10.6. The van der Waals surface area contributed by atoms with Crippen LogP contribution in [0.25, 0.3) is 5.78 Å². The first kappa shape index (κ1) is 14.0. The molecule has 0 fully saturated rings. The van der Waals surface area contributed by atoms with E-state index in [-0.39, 0.29) is 24.0 Å². The fraction of sp³-hybridized carbons (Fsp3) is 0.133. The molecule has 0 aliphatic heterocycles. The number of ether oxygens (including phenoxy) is 2. The van der Waals surface area contributed by atoms with Crippen LogP contribution < -0.4 is 4.74 Å². The van der Waals surface area contributed by atoms with Crippen molar-refractivity contribution in [3.63, 3.8) is 0 Å². The van der Waals surface area contributed by atoms with Gasteiger partial charge in [0, 0.05) is 12.4 Å². The number of hydrogen-bond acceptors (Lipinski definition) is 5. The summed E-state index contributed by atoms with van der Waals surface area (Å²) in [5.74, 6) is -0.225. The zero-order valence-electron chi connectivity index (χ0n) is 11.7. The van der Waals surface area contributed by atoms with E-state index in [2.05, 4.69) is 9.97 Å². The van der Waals surface area contributed by atoms with Gasteiger partial charge in [-0.3, -0.25) is 4.40 Å². The Morgan fingerprint density at radius 3 is 2.82 bits per heavy atom. The van der Waals surface area contributed by atoms with E-state index >= 15 is 0 Å². The fourth-order valence-electron chi connectivity index (χ4n) is 1.94. The van der Waals surface area contributed by atoms with Crippen molar-refractivity contribution >= 4 is 11.7 Å². The molecule has 0 saturated heterocycles. The number of halogens is 1. The molecule has 0 N–H and O–H groups in total. The number of benzene rings is 1. The lowest BCUT2D eigenvalue weighted by Crippen LogP contribution is -2.09. The first-order chi connectivity index (χ1) is 10.7. The van der Waals surface area contributed by atoms with Crippen LogP contribution in [0.2, 0.25) is 0 Å². The Morgan fingerprint density at radius 1 is 1.32 bits per heavy atom. The monoisotopic (exact) mass is 301 g/mol. The highest BCUT2D eigenvalue weighted by Gasteiger charge is 2.23. The maximum atomic E-state index is 12.9. The van der Waals surface area contributed by atoms with Gasteiger partial charge in [-0.05, 0) is 37.3 Å². The predicted octanol–water partition coefficient (Wildman–Crippen LogP) is 2.84. The highest BCUT2D eigenvalue weighted by molar-refractivity contribution is 5.91. The largest absolute Gasteiger partial charge is 0.461 e. The Bertz CT molecular complexity index is 815. The molecule has 6 nitrogen and oxygen atoms in total. The molecule has 0 amide bonds. The molecule has 0 radical (unpaired) electrons. The zero-order chi connectivity index (χ0) is 15.5. The summed E-state index contributed by atoms with van der Waals surface area (Å²) in [6.07, 6.45) is 3.19. The lowest BCUT2D eigenvalue weighted by molar-refractivity contribution is 0.0515. The lowest BCUT2D eigenvalue weighted by atomic mass is 10.3. The van der Waals surface area contributed by atoms with Gasteiger partial charge in [0.2, 0.25) is 5.78 Å². The topological polar surface area (TPSA) is 65.7 Å². The summed E-state index contributed by atoms with van der Waals surface area (Å²) >= 11 is 0. The Labute approximate surface area is 125 Å². The summed E-state index contributed by atoms with van der Waals surface area (Å²) in [7, 11) is 0. The van der Waals surface area contributed by atoms with Gasteiger partial charge in [0.1, 0.15) is 11.6 Å². The van der Waals surface area contributed by atoms with Crippen LogP contribution in [0.4, 0.5) is 4.39 Å². The number of rotatable bonds is 4. The molecule has 3 rings (SSSR count). The average molecular weight is 301 g/mol. The standard InChI is InChI=1S/C15H12FN3O3/c1-2-21-14(20)12-13(18-15-17-8-3-9-19(12)15)22-11-6-4-10(16)5-7-11/h3-9H,2H2,1H3. The van der Waals surface area contributed by atoms with Crippen molar-refractivity contribution in [1.29, 1.82) is 0 Å². The molecule has 0 bridgehead atoms. The third-order valence-electron chi connectivity index (χ3n) is 2.87. The molecule has 2 aromatic heterocycles. The molecule has 0 atom stereocenters. The molecule has 0 unspecified atom stereocenters. The summed E-state index contributed by atoms with van der Waals surface area (Å²) in [6, 6.07) is 7.07. The SMILES string of the molecule is CCOC(=O)c1c(Oc2ccc(F)cc2)nc2ncccn12. The molecule has 0 aliphatic rings. The highest BCUT2D eigenvalue weighted by Crippen LogP contribution is 2.26. The van der Waals surface area contributed by atoms with E-state index in [0.29, 0.717) is 11.5 Å². The first-order valence-corrected chi connectivity index (χ1v) is 6.62. The smallest absolute Gasteiger partial charge is 0.361 e. The number of imidazole rings is 1. The molecule has 7 heteroatoms. The minimum Gasteiger partial charge on any atom is -0.461 e. The highest BCUT2D eigenvalue weighted by atomic mass is 19.1. The maximum absolute atomic E-state index is 12.9. The van der Waals surface area contributed by atoms with Crippen molar-refractivity contribution in [3.05, 3.63) is 54.2 Å². The molecule has 22 heavy (non-hydrogen) atoms. The third kappa shape index (κ3) is 2.60. The summed E-state index contributed by atoms with van der Waals surface area (Å²) in [5.41, 5.74) is 0.134. The predicted molar refractivity (Wildman–Crippen MR) is 75.4 cm³/mol. The van der Waals surface area contributed by atoms with Crippen molar-refractivity contribution in [1.82, 2.24) is 14.4 Å². The van der Waals surface area contributed by atoms with Gasteiger partial charge < -0.3 is 9.47 Å². The van der Waals surface area contributed by atoms with Crippen LogP contribution in [-0.4, -0.2) is 26.9 Å². The Morgan fingerprint density at radius 2 is 2.09 bits per heavy atom. The second-order valence-corrected chi connectivity index (χ2v) is 4.33. The number of nitrogens with zero attached hydrogens (tertiary/aromatic N) is 3. The van der Waals surface area contributed by atoms with Gasteiger partial charge in [-0.15, -0.1) is 0 Å². The third-order valence-corrected chi connectivity index (χ3v) is 2.87. The summed E-state index contributed by atoms with van der Waals surface area (Å²) in [6.45, 7) is 1.93. The van der Waals surface area contributed by atoms with E-state index in [0.717, 1.165) is 0 Å². The second kappa shape index (κ2) is 5.80. The van der Waals surface area contributed by atoms with Crippen LogP contribution in [-0.2, 0) is 4.74 Å². The van der Waals surface area contributed by atoms with Crippen LogP contribution in [0.1, 0.15) is 17.4 Å². The molecular formula is C15H12FN3O3. The summed E-state index contributed by atoms with van der Waals surface area (Å²) in [5, 5.41) is 0. The van der Waals surface area contributed by atoms with Gasteiger partial charge in [0.25, 0.3) is 5.88 Å². The number of esters is 1. The van der Waals surface area contributed by atoms with Gasteiger partial charge >= 0.3 is 5.97 Å². The van der Waals surface area contributed by atoms with Crippen LogP contribution >= 0.6 is 0 Å². The molecular weight excluding hydrogens is 289 g/mol. The number of carbonyl (C=O) groups is 1. The number of fused-ring (bicyclic) bond motifs is 1. The van der Waals surface area contributed by atoms with Crippen LogP contribution in [0.5, 0.6) is 11.6 Å². The van der Waals surface area contributed by atoms with E-state index in [1.54, 1.807) is 25.4 Å². The van der Waals surface area contributed by atoms with E-state index < -0.39 is 5.97 Å². The average Bonchev–Trinajstić information content (AvgIpc) is 2.87. The van der Waals surface area contributed by atoms with Gasteiger partial charge in [0.05, 0.1) is 6.61 Å². The van der Waals surface area contributed by atoms with E-state index in [1.807, 2.05) is 0 Å². The Kier molecular flexibility index (Phi) is 3.69.